The SMILES string of the molecule is CN[C@@H](Cc1c[nH]c2ccccc12)C(=O)CCCNC(=O)CCSC. The number of amides is 1. The molecule has 0 spiro atoms. The molecule has 2 aromatic rings. The largest absolute Gasteiger partial charge is 0.361 e. The van der Waals surface area contributed by atoms with Gasteiger partial charge in [-0.2, -0.15) is 11.8 Å². The highest BCUT2D eigenvalue weighted by molar-refractivity contribution is 7.98. The number of hydrogen-bond acceptors (Lipinski definition) is 4. The Kier molecular flexibility index (Phi) is 8.01. The number of rotatable bonds is 11. The number of para-hydroxylation sites is 1. The normalized spacial score (nSPS) is 12.2. The number of carbonyl (C=O) groups excluding carboxylic acids is 2. The third kappa shape index (κ3) is 5.90. The van der Waals surface area contributed by atoms with E-state index in [4.69, 9.17) is 0 Å². The average molecular weight is 362 g/mol. The Balaban J connectivity index is 1.80. The predicted molar refractivity (Wildman–Crippen MR) is 105 cm³/mol. The summed E-state index contributed by atoms with van der Waals surface area (Å²) in [5.41, 5.74) is 2.24. The lowest BCUT2D eigenvalue weighted by molar-refractivity contribution is -0.122. The van der Waals surface area contributed by atoms with Gasteiger partial charge in [-0.1, -0.05) is 18.2 Å². The van der Waals surface area contributed by atoms with E-state index in [0.29, 0.717) is 32.2 Å². The van der Waals surface area contributed by atoms with E-state index in [-0.39, 0.29) is 17.7 Å². The van der Waals surface area contributed by atoms with Crippen molar-refractivity contribution in [3.05, 3.63) is 36.0 Å². The maximum Gasteiger partial charge on any atom is 0.220 e. The van der Waals surface area contributed by atoms with Crippen LogP contribution in [0.3, 0.4) is 0 Å². The average Bonchev–Trinajstić information content (AvgIpc) is 3.04. The van der Waals surface area contributed by atoms with Crippen LogP contribution in [0.15, 0.2) is 30.5 Å². The van der Waals surface area contributed by atoms with Gasteiger partial charge in [-0.15, -0.1) is 0 Å². The lowest BCUT2D eigenvalue weighted by atomic mass is 9.99. The minimum absolute atomic E-state index is 0.0609. The Labute approximate surface area is 153 Å². The van der Waals surface area contributed by atoms with E-state index in [1.807, 2.05) is 37.7 Å². The summed E-state index contributed by atoms with van der Waals surface area (Å²) in [6.07, 6.45) is 6.31. The van der Waals surface area contributed by atoms with Gasteiger partial charge < -0.3 is 15.6 Å². The molecule has 0 unspecified atom stereocenters. The van der Waals surface area contributed by atoms with Crippen LogP contribution in [0.25, 0.3) is 10.9 Å². The summed E-state index contributed by atoms with van der Waals surface area (Å²) < 4.78 is 0. The van der Waals surface area contributed by atoms with Gasteiger partial charge >= 0.3 is 0 Å². The standard InChI is InChI=1S/C19H27N3O2S/c1-20-17(12-14-13-22-16-7-4-3-6-15(14)16)18(23)8-5-10-21-19(24)9-11-25-2/h3-4,6-7,13,17,20,22H,5,8-12H2,1-2H3,(H,21,24)/t17-/m0/s1. The molecule has 0 radical (unpaired) electrons. The minimum atomic E-state index is -0.202. The van der Waals surface area contributed by atoms with Crippen molar-refractivity contribution in [1.29, 1.82) is 0 Å². The van der Waals surface area contributed by atoms with Gasteiger partial charge in [0.1, 0.15) is 5.78 Å². The first kappa shape index (κ1) is 19.5. The molecule has 0 saturated heterocycles. The molecule has 0 bridgehead atoms. The smallest absolute Gasteiger partial charge is 0.220 e. The molecule has 1 atom stereocenters. The Morgan fingerprint density at radius 3 is 2.80 bits per heavy atom. The fraction of sp³-hybridized carbons (Fsp3) is 0.474. The summed E-state index contributed by atoms with van der Waals surface area (Å²) in [6, 6.07) is 7.91. The van der Waals surface area contributed by atoms with E-state index in [2.05, 4.69) is 21.7 Å². The maximum atomic E-state index is 12.5. The number of ketones is 1. The molecule has 1 heterocycles. The minimum Gasteiger partial charge on any atom is -0.361 e. The van der Waals surface area contributed by atoms with Gasteiger partial charge in [0.15, 0.2) is 0 Å². The summed E-state index contributed by atoms with van der Waals surface area (Å²) in [6.45, 7) is 0.558. The fourth-order valence-electron chi connectivity index (χ4n) is 2.85. The first-order chi connectivity index (χ1) is 12.2. The monoisotopic (exact) mass is 361 g/mol. The number of thioether (sulfide) groups is 1. The number of fused-ring (bicyclic) bond motifs is 1. The molecule has 2 rings (SSSR count). The van der Waals surface area contributed by atoms with E-state index < -0.39 is 0 Å². The van der Waals surface area contributed by atoms with Crippen molar-refractivity contribution in [3.63, 3.8) is 0 Å². The van der Waals surface area contributed by atoms with Crippen molar-refractivity contribution >= 4 is 34.4 Å². The maximum absolute atomic E-state index is 12.5. The molecule has 6 heteroatoms. The van der Waals surface area contributed by atoms with Crippen molar-refractivity contribution < 1.29 is 9.59 Å². The lowest BCUT2D eigenvalue weighted by Gasteiger charge is -2.15. The van der Waals surface area contributed by atoms with Crippen LogP contribution in [0.4, 0.5) is 0 Å². The van der Waals surface area contributed by atoms with E-state index in [0.717, 1.165) is 22.2 Å². The van der Waals surface area contributed by atoms with Crippen LogP contribution >= 0.6 is 11.8 Å². The number of benzene rings is 1. The molecule has 0 saturated carbocycles. The zero-order valence-corrected chi connectivity index (χ0v) is 15.7. The number of carbonyl (C=O) groups is 2. The summed E-state index contributed by atoms with van der Waals surface area (Å²) in [7, 11) is 1.82. The van der Waals surface area contributed by atoms with E-state index in [1.165, 1.54) is 0 Å². The number of hydrogen-bond donors (Lipinski definition) is 3. The zero-order valence-electron chi connectivity index (χ0n) is 14.9. The molecule has 3 N–H and O–H groups in total. The molecule has 1 aromatic heterocycles. The zero-order chi connectivity index (χ0) is 18.1. The molecule has 0 aliphatic rings. The molecule has 25 heavy (non-hydrogen) atoms. The van der Waals surface area contributed by atoms with Crippen LogP contribution in [0.5, 0.6) is 0 Å². The van der Waals surface area contributed by atoms with Crippen LogP contribution < -0.4 is 10.6 Å². The van der Waals surface area contributed by atoms with Gasteiger partial charge in [-0.3, -0.25) is 9.59 Å². The topological polar surface area (TPSA) is 74.0 Å². The summed E-state index contributed by atoms with van der Waals surface area (Å²) in [4.78, 5) is 27.3. The first-order valence-corrected chi connectivity index (χ1v) is 10.1. The molecule has 0 aliphatic carbocycles. The van der Waals surface area contributed by atoms with Crippen LogP contribution in [0, 0.1) is 0 Å². The van der Waals surface area contributed by atoms with Gasteiger partial charge in [-0.05, 0) is 37.8 Å². The molecular formula is C19H27N3O2S. The highest BCUT2D eigenvalue weighted by Gasteiger charge is 2.18. The van der Waals surface area contributed by atoms with Gasteiger partial charge in [0, 0.05) is 42.2 Å². The van der Waals surface area contributed by atoms with Gasteiger partial charge in [0.05, 0.1) is 6.04 Å². The van der Waals surface area contributed by atoms with E-state index in [9.17, 15) is 9.59 Å². The highest BCUT2D eigenvalue weighted by atomic mass is 32.2. The quantitative estimate of drug-likeness (QED) is 0.538. The molecule has 0 fully saturated rings. The fourth-order valence-corrected chi connectivity index (χ4v) is 3.23. The molecule has 1 aromatic carbocycles. The Morgan fingerprint density at radius 2 is 2.04 bits per heavy atom. The molecule has 0 aliphatic heterocycles. The second-order valence-corrected chi connectivity index (χ2v) is 7.05. The van der Waals surface area contributed by atoms with E-state index >= 15 is 0 Å². The third-order valence-electron chi connectivity index (χ3n) is 4.29. The predicted octanol–water partition coefficient (Wildman–Crippen LogP) is 2.52. The Bertz CT molecular complexity index is 699. The molecule has 5 nitrogen and oxygen atoms in total. The van der Waals surface area contributed by atoms with Crippen LogP contribution in [-0.2, 0) is 16.0 Å². The lowest BCUT2D eigenvalue weighted by Crippen LogP contribution is -2.36. The number of Topliss-reactive ketones (excluding diaryl/α,β-unsaturated/α-hetero) is 1. The van der Waals surface area contributed by atoms with Crippen molar-refractivity contribution in [2.24, 2.45) is 0 Å². The van der Waals surface area contributed by atoms with Crippen molar-refractivity contribution in [3.8, 4) is 0 Å². The van der Waals surface area contributed by atoms with Crippen molar-refractivity contribution in [1.82, 2.24) is 15.6 Å². The molecule has 1 amide bonds. The second-order valence-electron chi connectivity index (χ2n) is 6.07. The van der Waals surface area contributed by atoms with Gasteiger partial charge in [0.2, 0.25) is 5.91 Å². The number of aromatic nitrogens is 1. The summed E-state index contributed by atoms with van der Waals surface area (Å²) >= 11 is 1.66. The summed E-state index contributed by atoms with van der Waals surface area (Å²) in [5, 5.41) is 7.16. The third-order valence-corrected chi connectivity index (χ3v) is 4.90. The number of nitrogens with one attached hydrogen (secondary N) is 3. The van der Waals surface area contributed by atoms with Gasteiger partial charge in [-0.25, -0.2) is 0 Å². The van der Waals surface area contributed by atoms with E-state index in [1.54, 1.807) is 11.8 Å². The summed E-state index contributed by atoms with van der Waals surface area (Å²) in [5.74, 6) is 1.08. The van der Waals surface area contributed by atoms with Crippen LogP contribution in [0.2, 0.25) is 0 Å². The second kappa shape index (κ2) is 10.3. The highest BCUT2D eigenvalue weighted by Crippen LogP contribution is 2.19. The van der Waals surface area contributed by atoms with Crippen LogP contribution in [-0.4, -0.2) is 48.3 Å². The first-order valence-electron chi connectivity index (χ1n) is 8.66. The number of H-pyrrole nitrogens is 1. The van der Waals surface area contributed by atoms with Crippen molar-refractivity contribution in [2.75, 3.05) is 25.6 Å². The number of likely N-dealkylation sites (N-methyl/N-ethyl adjacent to an activating group) is 1. The Morgan fingerprint density at radius 1 is 1.24 bits per heavy atom. The molecule has 136 valence electrons. The molecular weight excluding hydrogens is 334 g/mol. The Hall–Kier alpha value is -1.79. The number of aromatic amines is 1. The van der Waals surface area contributed by atoms with Gasteiger partial charge in [0.25, 0.3) is 0 Å². The van der Waals surface area contributed by atoms with Crippen molar-refractivity contribution in [2.45, 2.75) is 31.7 Å². The van der Waals surface area contributed by atoms with Crippen LogP contribution in [0.1, 0.15) is 24.8 Å².